The molecule has 1 N–H and O–H groups in total. The van der Waals surface area contributed by atoms with Crippen molar-refractivity contribution in [2.75, 3.05) is 6.54 Å². The van der Waals surface area contributed by atoms with E-state index in [-0.39, 0.29) is 11.5 Å². The Morgan fingerprint density at radius 1 is 0.923 bits per heavy atom. The average molecular weight is 345 g/mol. The highest BCUT2D eigenvalue weighted by molar-refractivity contribution is 5.88. The number of aromatic carboxylic acids is 1. The minimum absolute atomic E-state index is 0.0756. The zero-order chi connectivity index (χ0) is 18.1. The summed E-state index contributed by atoms with van der Waals surface area (Å²) in [5.41, 5.74) is 3.33. The Hall–Kier alpha value is -3.14. The molecule has 4 heteroatoms. The molecule has 0 aromatic heterocycles. The predicted octanol–water partition coefficient (Wildman–Crippen LogP) is 3.67. The van der Waals surface area contributed by atoms with Crippen molar-refractivity contribution in [2.24, 2.45) is 0 Å². The van der Waals surface area contributed by atoms with E-state index in [0.29, 0.717) is 19.5 Å². The van der Waals surface area contributed by atoms with Crippen LogP contribution in [0.3, 0.4) is 0 Å². The first-order chi connectivity index (χ1) is 12.6. The SMILES string of the molecule is O=C(O)c1ccc2c(c1)CN(C(=O)Cc1ccc3ccccc3c1)CC2. The van der Waals surface area contributed by atoms with Crippen LogP contribution in [0, 0.1) is 0 Å². The third kappa shape index (κ3) is 3.18. The summed E-state index contributed by atoms with van der Waals surface area (Å²) in [5, 5.41) is 11.5. The van der Waals surface area contributed by atoms with E-state index >= 15 is 0 Å². The van der Waals surface area contributed by atoms with E-state index in [4.69, 9.17) is 5.11 Å². The van der Waals surface area contributed by atoms with Crippen LogP contribution in [0.2, 0.25) is 0 Å². The third-order valence-electron chi connectivity index (χ3n) is 4.99. The van der Waals surface area contributed by atoms with Gasteiger partial charge in [-0.15, -0.1) is 0 Å². The highest BCUT2D eigenvalue weighted by atomic mass is 16.4. The van der Waals surface area contributed by atoms with Gasteiger partial charge >= 0.3 is 5.97 Å². The van der Waals surface area contributed by atoms with Gasteiger partial charge in [0, 0.05) is 13.1 Å². The average Bonchev–Trinajstić information content (AvgIpc) is 2.67. The van der Waals surface area contributed by atoms with Gasteiger partial charge < -0.3 is 10.0 Å². The number of carboxylic acid groups (broad SMARTS) is 1. The molecule has 4 rings (SSSR count). The summed E-state index contributed by atoms with van der Waals surface area (Å²) < 4.78 is 0. The number of amides is 1. The molecule has 0 radical (unpaired) electrons. The molecular weight excluding hydrogens is 326 g/mol. The van der Waals surface area contributed by atoms with Crippen molar-refractivity contribution in [3.8, 4) is 0 Å². The van der Waals surface area contributed by atoms with Crippen molar-refractivity contribution in [1.82, 2.24) is 4.90 Å². The van der Waals surface area contributed by atoms with Crippen molar-refractivity contribution in [1.29, 1.82) is 0 Å². The molecule has 130 valence electrons. The van der Waals surface area contributed by atoms with Crippen LogP contribution in [0.5, 0.6) is 0 Å². The summed E-state index contributed by atoms with van der Waals surface area (Å²) in [6.07, 6.45) is 1.12. The van der Waals surface area contributed by atoms with Gasteiger partial charge in [0.25, 0.3) is 0 Å². The lowest BCUT2D eigenvalue weighted by Crippen LogP contribution is -2.37. The standard InChI is InChI=1S/C22H19NO3/c24-21(12-15-5-6-16-3-1-2-4-18(16)11-15)23-10-9-17-7-8-19(22(25)26)13-20(17)14-23/h1-8,11,13H,9-10,12,14H2,(H,25,26). The number of carbonyl (C=O) groups excluding carboxylic acids is 1. The van der Waals surface area contributed by atoms with E-state index in [9.17, 15) is 9.59 Å². The first-order valence-electron chi connectivity index (χ1n) is 8.71. The van der Waals surface area contributed by atoms with Gasteiger partial charge in [0.05, 0.1) is 12.0 Å². The summed E-state index contributed by atoms with van der Waals surface area (Å²) >= 11 is 0. The highest BCUT2D eigenvalue weighted by Crippen LogP contribution is 2.22. The molecule has 26 heavy (non-hydrogen) atoms. The number of fused-ring (bicyclic) bond motifs is 2. The molecule has 1 aliphatic heterocycles. The van der Waals surface area contributed by atoms with Gasteiger partial charge in [-0.25, -0.2) is 4.79 Å². The fourth-order valence-corrected chi connectivity index (χ4v) is 3.54. The Labute approximate surface area is 151 Å². The summed E-state index contributed by atoms with van der Waals surface area (Å²) in [4.78, 5) is 25.7. The van der Waals surface area contributed by atoms with E-state index in [1.807, 2.05) is 41.3 Å². The number of benzene rings is 3. The molecule has 4 nitrogen and oxygen atoms in total. The maximum absolute atomic E-state index is 12.7. The van der Waals surface area contributed by atoms with Crippen LogP contribution in [0.1, 0.15) is 27.0 Å². The number of hydrogen-bond acceptors (Lipinski definition) is 2. The van der Waals surface area contributed by atoms with Crippen LogP contribution in [0.25, 0.3) is 10.8 Å². The maximum Gasteiger partial charge on any atom is 0.335 e. The maximum atomic E-state index is 12.7. The van der Waals surface area contributed by atoms with Crippen molar-refractivity contribution in [3.63, 3.8) is 0 Å². The lowest BCUT2D eigenvalue weighted by atomic mass is 9.96. The second-order valence-electron chi connectivity index (χ2n) is 6.71. The van der Waals surface area contributed by atoms with Crippen LogP contribution >= 0.6 is 0 Å². The lowest BCUT2D eigenvalue weighted by molar-refractivity contribution is -0.131. The number of hydrogen-bond donors (Lipinski definition) is 1. The molecule has 0 bridgehead atoms. The highest BCUT2D eigenvalue weighted by Gasteiger charge is 2.21. The van der Waals surface area contributed by atoms with Crippen LogP contribution in [0.15, 0.2) is 60.7 Å². The van der Waals surface area contributed by atoms with Gasteiger partial charge in [0.1, 0.15) is 0 Å². The Morgan fingerprint density at radius 3 is 2.54 bits per heavy atom. The Morgan fingerprint density at radius 2 is 1.73 bits per heavy atom. The van der Waals surface area contributed by atoms with Gasteiger partial charge in [-0.05, 0) is 46.0 Å². The molecule has 1 heterocycles. The van der Waals surface area contributed by atoms with E-state index in [2.05, 4.69) is 12.1 Å². The first-order valence-corrected chi connectivity index (χ1v) is 8.71. The largest absolute Gasteiger partial charge is 0.478 e. The lowest BCUT2D eigenvalue weighted by Gasteiger charge is -2.29. The van der Waals surface area contributed by atoms with Gasteiger partial charge in [0.2, 0.25) is 5.91 Å². The van der Waals surface area contributed by atoms with Crippen molar-refractivity contribution in [2.45, 2.75) is 19.4 Å². The molecule has 1 amide bonds. The van der Waals surface area contributed by atoms with Gasteiger partial charge in [-0.2, -0.15) is 0 Å². The van der Waals surface area contributed by atoms with Gasteiger partial charge in [-0.3, -0.25) is 4.79 Å². The monoisotopic (exact) mass is 345 g/mol. The first kappa shape index (κ1) is 16.3. The molecular formula is C22H19NO3. The molecule has 0 unspecified atom stereocenters. The fourth-order valence-electron chi connectivity index (χ4n) is 3.54. The molecule has 0 saturated carbocycles. The van der Waals surface area contributed by atoms with Crippen LogP contribution in [0.4, 0.5) is 0 Å². The predicted molar refractivity (Wildman–Crippen MR) is 100 cm³/mol. The van der Waals surface area contributed by atoms with Crippen LogP contribution < -0.4 is 0 Å². The number of carbonyl (C=O) groups is 2. The van der Waals surface area contributed by atoms with E-state index in [1.165, 1.54) is 0 Å². The van der Waals surface area contributed by atoms with E-state index in [1.54, 1.807) is 12.1 Å². The topological polar surface area (TPSA) is 57.6 Å². The Balaban J connectivity index is 1.51. The third-order valence-corrected chi connectivity index (χ3v) is 4.99. The molecule has 3 aromatic carbocycles. The van der Waals surface area contributed by atoms with E-state index < -0.39 is 5.97 Å². The Bertz CT molecular complexity index is 1010. The molecule has 3 aromatic rings. The zero-order valence-electron chi connectivity index (χ0n) is 14.3. The smallest absolute Gasteiger partial charge is 0.335 e. The van der Waals surface area contributed by atoms with Crippen molar-refractivity contribution >= 4 is 22.6 Å². The number of nitrogens with zero attached hydrogens (tertiary/aromatic N) is 1. The minimum Gasteiger partial charge on any atom is -0.478 e. The molecule has 1 aliphatic rings. The zero-order valence-corrected chi connectivity index (χ0v) is 14.3. The minimum atomic E-state index is -0.938. The van der Waals surface area contributed by atoms with Gasteiger partial charge in [-0.1, -0.05) is 48.5 Å². The second kappa shape index (κ2) is 6.64. The molecule has 0 atom stereocenters. The molecule has 0 aliphatic carbocycles. The number of carboxylic acids is 1. The molecule has 0 fully saturated rings. The quantitative estimate of drug-likeness (QED) is 0.788. The summed E-state index contributed by atoms with van der Waals surface area (Å²) in [7, 11) is 0. The van der Waals surface area contributed by atoms with Crippen LogP contribution in [-0.2, 0) is 24.2 Å². The van der Waals surface area contributed by atoms with Crippen molar-refractivity contribution < 1.29 is 14.7 Å². The van der Waals surface area contributed by atoms with Crippen molar-refractivity contribution in [3.05, 3.63) is 82.9 Å². The summed E-state index contributed by atoms with van der Waals surface area (Å²) in [5.74, 6) is -0.862. The number of rotatable bonds is 3. The fraction of sp³-hybridized carbons (Fsp3) is 0.182. The summed E-state index contributed by atoms with van der Waals surface area (Å²) in [6, 6.07) is 19.4. The molecule has 0 spiro atoms. The van der Waals surface area contributed by atoms with E-state index in [0.717, 1.165) is 33.9 Å². The molecule has 0 saturated heterocycles. The Kier molecular flexibility index (Phi) is 4.17. The summed E-state index contributed by atoms with van der Waals surface area (Å²) in [6.45, 7) is 1.15. The van der Waals surface area contributed by atoms with Gasteiger partial charge in [0.15, 0.2) is 0 Å². The second-order valence-corrected chi connectivity index (χ2v) is 6.71. The normalized spacial score (nSPS) is 13.5. The van der Waals surface area contributed by atoms with Crippen LogP contribution in [-0.4, -0.2) is 28.4 Å².